The Bertz CT molecular complexity index is 824. The molecule has 1 amide bonds. The van der Waals surface area contributed by atoms with E-state index in [1.54, 1.807) is 18.2 Å². The second-order valence-corrected chi connectivity index (χ2v) is 7.53. The van der Waals surface area contributed by atoms with Crippen molar-refractivity contribution in [3.8, 4) is 11.4 Å². The Balaban J connectivity index is 1.47. The summed E-state index contributed by atoms with van der Waals surface area (Å²) in [5.74, 6) is 0.228. The fourth-order valence-corrected chi connectivity index (χ4v) is 3.45. The number of rotatable bonds is 7. The van der Waals surface area contributed by atoms with E-state index in [1.165, 1.54) is 25.9 Å². The van der Waals surface area contributed by atoms with Gasteiger partial charge in [0.25, 0.3) is 5.91 Å². The highest BCUT2D eigenvalue weighted by atomic mass is 35.5. The lowest BCUT2D eigenvalue weighted by atomic mass is 9.99. The Hall–Kier alpha value is -2.12. The first-order chi connectivity index (χ1) is 13.0. The van der Waals surface area contributed by atoms with Gasteiger partial charge in [0.05, 0.1) is 10.6 Å². The monoisotopic (exact) mass is 392 g/mol. The van der Waals surface area contributed by atoms with Gasteiger partial charge in [0.2, 0.25) is 0 Å². The fraction of sp³-hybridized carbons (Fsp3) is 0.526. The van der Waals surface area contributed by atoms with Crippen molar-refractivity contribution in [3.05, 3.63) is 39.3 Å². The number of nitrogens with zero attached hydrogens (tertiary/aromatic N) is 2. The van der Waals surface area contributed by atoms with E-state index >= 15 is 0 Å². The lowest BCUT2D eigenvalue weighted by molar-refractivity contribution is 0.0952. The Kier molecular flexibility index (Phi) is 6.68. The van der Waals surface area contributed by atoms with Crippen LogP contribution in [-0.2, 0) is 0 Å². The zero-order valence-corrected chi connectivity index (χ0v) is 16.2. The zero-order chi connectivity index (χ0) is 19.2. The molecule has 7 nitrogen and oxygen atoms in total. The summed E-state index contributed by atoms with van der Waals surface area (Å²) in [6.07, 6.45) is 4.54. The average molecular weight is 393 g/mol. The minimum absolute atomic E-state index is 0.237. The molecule has 0 unspecified atom stereocenters. The molecule has 0 radical (unpaired) electrons. The van der Waals surface area contributed by atoms with Gasteiger partial charge in [-0.05, 0) is 69.4 Å². The molecule has 2 aromatic rings. The van der Waals surface area contributed by atoms with Crippen molar-refractivity contribution < 1.29 is 9.32 Å². The van der Waals surface area contributed by atoms with E-state index in [0.717, 1.165) is 25.3 Å². The highest BCUT2D eigenvalue weighted by Crippen LogP contribution is 2.22. The van der Waals surface area contributed by atoms with Crippen LogP contribution in [-0.4, -0.2) is 47.1 Å². The Morgan fingerprint density at radius 1 is 1.37 bits per heavy atom. The van der Waals surface area contributed by atoms with E-state index in [2.05, 4.69) is 31.8 Å². The quantitative estimate of drug-likeness (QED) is 0.707. The summed E-state index contributed by atoms with van der Waals surface area (Å²) in [6.45, 7) is 6.36. The van der Waals surface area contributed by atoms with Crippen molar-refractivity contribution >= 4 is 17.5 Å². The summed E-state index contributed by atoms with van der Waals surface area (Å²) in [4.78, 5) is 28.5. The molecule has 0 spiro atoms. The molecule has 1 saturated heterocycles. The van der Waals surface area contributed by atoms with Gasteiger partial charge in [0.1, 0.15) is 0 Å². The number of H-pyrrole nitrogens is 1. The molecule has 0 aliphatic carbocycles. The van der Waals surface area contributed by atoms with Gasteiger partial charge >= 0.3 is 5.76 Å². The first-order valence-electron chi connectivity index (χ1n) is 9.39. The summed E-state index contributed by atoms with van der Waals surface area (Å²) >= 11 is 6.15. The topological polar surface area (TPSA) is 91.2 Å². The van der Waals surface area contributed by atoms with Gasteiger partial charge in [-0.2, -0.15) is 0 Å². The number of carbonyl (C=O) groups excluding carboxylic acids is 1. The lowest BCUT2D eigenvalue weighted by Crippen LogP contribution is -2.34. The second-order valence-electron chi connectivity index (χ2n) is 7.13. The minimum atomic E-state index is -0.644. The molecule has 0 atom stereocenters. The molecule has 1 fully saturated rings. The van der Waals surface area contributed by atoms with Crippen molar-refractivity contribution in [3.63, 3.8) is 0 Å². The van der Waals surface area contributed by atoms with Crippen LogP contribution in [0.2, 0.25) is 5.02 Å². The third-order valence-electron chi connectivity index (χ3n) is 4.99. The summed E-state index contributed by atoms with van der Waals surface area (Å²) in [7, 11) is 0. The van der Waals surface area contributed by atoms with Gasteiger partial charge < -0.3 is 10.2 Å². The van der Waals surface area contributed by atoms with Crippen molar-refractivity contribution in [2.45, 2.75) is 32.6 Å². The lowest BCUT2D eigenvalue weighted by Gasteiger charge is -2.30. The number of unbranched alkanes of at least 4 members (excludes halogenated alkanes) is 1. The van der Waals surface area contributed by atoms with Crippen LogP contribution in [0.3, 0.4) is 0 Å². The summed E-state index contributed by atoms with van der Waals surface area (Å²) < 4.78 is 4.50. The van der Waals surface area contributed by atoms with Gasteiger partial charge in [-0.1, -0.05) is 23.7 Å². The Labute approximate surface area is 163 Å². The number of nitrogens with one attached hydrogen (secondary N) is 2. The van der Waals surface area contributed by atoms with Crippen LogP contribution in [0.4, 0.5) is 0 Å². The smallest absolute Gasteiger partial charge is 0.352 e. The minimum Gasteiger partial charge on any atom is -0.352 e. The SMILES string of the molecule is CC1CCN(CCCCNC(=O)c2cc(-c3noc(=O)[nH]3)ccc2Cl)CC1. The molecular formula is C19H25ClN4O3. The van der Waals surface area contributed by atoms with Gasteiger partial charge in [0.15, 0.2) is 5.82 Å². The highest BCUT2D eigenvalue weighted by Gasteiger charge is 2.16. The van der Waals surface area contributed by atoms with E-state index in [-0.39, 0.29) is 11.7 Å². The molecule has 0 bridgehead atoms. The largest absolute Gasteiger partial charge is 0.439 e. The fourth-order valence-electron chi connectivity index (χ4n) is 3.24. The number of hydrogen-bond acceptors (Lipinski definition) is 5. The second kappa shape index (κ2) is 9.19. The molecule has 1 aromatic heterocycles. The number of piperidine rings is 1. The predicted molar refractivity (Wildman–Crippen MR) is 104 cm³/mol. The highest BCUT2D eigenvalue weighted by molar-refractivity contribution is 6.34. The number of aromatic nitrogens is 2. The van der Waals surface area contributed by atoms with Crippen LogP contribution in [0, 0.1) is 5.92 Å². The molecule has 0 saturated carbocycles. The summed E-state index contributed by atoms with van der Waals surface area (Å²) in [6, 6.07) is 4.88. The maximum atomic E-state index is 12.4. The Morgan fingerprint density at radius 3 is 2.85 bits per heavy atom. The van der Waals surface area contributed by atoms with E-state index in [0.29, 0.717) is 22.7 Å². The zero-order valence-electron chi connectivity index (χ0n) is 15.5. The van der Waals surface area contributed by atoms with E-state index < -0.39 is 5.76 Å². The predicted octanol–water partition coefficient (Wildman–Crippen LogP) is 2.93. The molecular weight excluding hydrogens is 368 g/mol. The van der Waals surface area contributed by atoms with Crippen molar-refractivity contribution in [2.75, 3.05) is 26.2 Å². The van der Waals surface area contributed by atoms with E-state index in [1.807, 2.05) is 0 Å². The molecule has 3 rings (SSSR count). The van der Waals surface area contributed by atoms with Crippen LogP contribution in [0.5, 0.6) is 0 Å². The number of amides is 1. The maximum Gasteiger partial charge on any atom is 0.439 e. The third-order valence-corrected chi connectivity index (χ3v) is 5.32. The van der Waals surface area contributed by atoms with Crippen LogP contribution in [0.25, 0.3) is 11.4 Å². The van der Waals surface area contributed by atoms with Crippen LogP contribution in [0.15, 0.2) is 27.5 Å². The number of halogens is 1. The number of aromatic amines is 1. The van der Waals surface area contributed by atoms with Gasteiger partial charge in [-0.15, -0.1) is 0 Å². The van der Waals surface area contributed by atoms with Crippen LogP contribution >= 0.6 is 11.6 Å². The molecule has 2 N–H and O–H groups in total. The Morgan fingerprint density at radius 2 is 2.15 bits per heavy atom. The summed E-state index contributed by atoms with van der Waals surface area (Å²) in [5, 5.41) is 6.89. The molecule has 1 aliphatic heterocycles. The van der Waals surface area contributed by atoms with Crippen LogP contribution in [0.1, 0.15) is 43.0 Å². The number of carbonyl (C=O) groups is 1. The third kappa shape index (κ3) is 5.43. The standard InChI is InChI=1S/C19H25ClN4O3/c1-13-6-10-24(11-7-13)9-3-2-8-21-18(25)15-12-14(4-5-16(15)20)17-22-19(26)27-23-17/h4-5,12-13H,2-3,6-11H2,1H3,(H,21,25)(H,22,23,26). The maximum absolute atomic E-state index is 12.4. The molecule has 1 aromatic carbocycles. The summed E-state index contributed by atoms with van der Waals surface area (Å²) in [5.41, 5.74) is 0.915. The van der Waals surface area contributed by atoms with E-state index in [4.69, 9.17) is 11.6 Å². The molecule has 8 heteroatoms. The van der Waals surface area contributed by atoms with E-state index in [9.17, 15) is 9.59 Å². The molecule has 146 valence electrons. The van der Waals surface area contributed by atoms with Crippen molar-refractivity contribution in [2.24, 2.45) is 5.92 Å². The van der Waals surface area contributed by atoms with Crippen LogP contribution < -0.4 is 11.1 Å². The first-order valence-corrected chi connectivity index (χ1v) is 9.77. The average Bonchev–Trinajstić information content (AvgIpc) is 3.09. The van der Waals surface area contributed by atoms with Crippen molar-refractivity contribution in [1.82, 2.24) is 20.4 Å². The number of likely N-dealkylation sites (tertiary alicyclic amines) is 1. The molecule has 1 aliphatic rings. The van der Waals surface area contributed by atoms with Crippen molar-refractivity contribution in [1.29, 1.82) is 0 Å². The first kappa shape index (κ1) is 19.6. The van der Waals surface area contributed by atoms with Gasteiger partial charge in [0, 0.05) is 12.1 Å². The van der Waals surface area contributed by atoms with Gasteiger partial charge in [-0.25, -0.2) is 4.79 Å². The molecule has 27 heavy (non-hydrogen) atoms. The normalized spacial score (nSPS) is 15.8. The number of benzene rings is 1. The number of hydrogen-bond donors (Lipinski definition) is 2. The molecule has 2 heterocycles. The van der Waals surface area contributed by atoms with Gasteiger partial charge in [-0.3, -0.25) is 14.3 Å².